The third kappa shape index (κ3) is 3.48. The van der Waals surface area contributed by atoms with Gasteiger partial charge in [-0.05, 0) is 49.2 Å². The van der Waals surface area contributed by atoms with Crippen molar-refractivity contribution in [1.82, 2.24) is 14.4 Å². The van der Waals surface area contributed by atoms with Gasteiger partial charge in [0.05, 0.1) is 0 Å². The number of carbonyl (C=O) groups excluding carboxylic acids is 1. The number of carbonyl (C=O) groups is 1. The second kappa shape index (κ2) is 7.57. The maximum atomic E-state index is 13.4. The van der Waals surface area contributed by atoms with Gasteiger partial charge in [-0.15, -0.1) is 0 Å². The number of anilines is 2. The van der Waals surface area contributed by atoms with Gasteiger partial charge < -0.3 is 16.2 Å². The molecule has 1 unspecified atom stereocenters. The Kier molecular flexibility index (Phi) is 4.93. The van der Waals surface area contributed by atoms with Crippen LogP contribution >= 0.6 is 0 Å². The molecule has 2 heterocycles. The number of nitrogens with zero attached hydrogens (tertiary/aromatic N) is 3. The van der Waals surface area contributed by atoms with Crippen molar-refractivity contribution in [3.8, 4) is 11.3 Å². The zero-order valence-electron chi connectivity index (χ0n) is 16.4. The molecule has 8 heteroatoms. The molecule has 30 heavy (non-hydrogen) atoms. The number of aliphatic hydroxyl groups excluding tert-OH is 1. The van der Waals surface area contributed by atoms with E-state index < -0.39 is 17.8 Å². The van der Waals surface area contributed by atoms with E-state index in [4.69, 9.17) is 5.73 Å². The number of aliphatic hydroxyl groups is 1. The highest BCUT2D eigenvalue weighted by atomic mass is 19.1. The number of imidazole rings is 1. The summed E-state index contributed by atoms with van der Waals surface area (Å²) in [6.45, 7) is 3.77. The minimum Gasteiger partial charge on any atom is -0.382 e. The molecule has 4 rings (SSSR count). The first kappa shape index (κ1) is 19.5. The van der Waals surface area contributed by atoms with Gasteiger partial charge in [-0.1, -0.05) is 18.2 Å². The second-order valence-corrected chi connectivity index (χ2v) is 7.02. The van der Waals surface area contributed by atoms with Crippen molar-refractivity contribution in [2.45, 2.75) is 20.0 Å². The number of aromatic nitrogens is 3. The van der Waals surface area contributed by atoms with Crippen molar-refractivity contribution in [1.29, 1.82) is 0 Å². The van der Waals surface area contributed by atoms with Crippen LogP contribution < -0.4 is 11.1 Å². The lowest BCUT2D eigenvalue weighted by Gasteiger charge is -2.13. The Bertz CT molecular complexity index is 1270. The molecule has 2 aromatic carbocycles. The number of aryl methyl sites for hydroxylation is 2. The molecule has 0 saturated carbocycles. The number of nitrogens with one attached hydrogen (secondary N) is 1. The number of hydrogen-bond acceptors (Lipinski definition) is 5. The van der Waals surface area contributed by atoms with Crippen molar-refractivity contribution in [3.05, 3.63) is 77.6 Å². The molecule has 0 radical (unpaired) electrons. The van der Waals surface area contributed by atoms with Gasteiger partial charge in [0, 0.05) is 23.6 Å². The molecule has 152 valence electrons. The smallest absolute Gasteiger partial charge is 0.257 e. The third-order valence-corrected chi connectivity index (χ3v) is 4.92. The monoisotopic (exact) mass is 405 g/mol. The zero-order valence-corrected chi connectivity index (χ0v) is 16.4. The summed E-state index contributed by atoms with van der Waals surface area (Å²) in [6, 6.07) is 10.6. The number of nitrogen functional groups attached to an aromatic ring is 1. The van der Waals surface area contributed by atoms with Gasteiger partial charge in [-0.3, -0.25) is 9.20 Å². The summed E-state index contributed by atoms with van der Waals surface area (Å²) in [5.74, 6) is -0.00688. The number of hydrogen-bond donors (Lipinski definition) is 3. The quantitative estimate of drug-likeness (QED) is 0.483. The van der Waals surface area contributed by atoms with Gasteiger partial charge in [-0.2, -0.15) is 0 Å². The number of amides is 1. The van der Waals surface area contributed by atoms with Crippen LogP contribution in [0.5, 0.6) is 0 Å². The average Bonchev–Trinajstić information content (AvgIpc) is 3.05. The molecule has 0 saturated heterocycles. The van der Waals surface area contributed by atoms with E-state index in [-0.39, 0.29) is 5.56 Å². The molecule has 0 aliphatic rings. The van der Waals surface area contributed by atoms with Gasteiger partial charge in [0.15, 0.2) is 6.10 Å². The first-order chi connectivity index (χ1) is 14.3. The lowest BCUT2D eigenvalue weighted by molar-refractivity contribution is -0.124. The van der Waals surface area contributed by atoms with Crippen LogP contribution in [0.3, 0.4) is 0 Å². The molecular weight excluding hydrogens is 385 g/mol. The first-order valence-electron chi connectivity index (χ1n) is 9.29. The van der Waals surface area contributed by atoms with Crippen molar-refractivity contribution < 1.29 is 14.3 Å². The number of halogens is 1. The summed E-state index contributed by atoms with van der Waals surface area (Å²) in [7, 11) is 0. The Balaban J connectivity index is 1.62. The minimum atomic E-state index is -1.48. The SMILES string of the molecule is Cc1cc(NC(=O)C(O)c2cccc(F)c2)ccc1-c1nc(C)n2ccnc(N)c12. The molecule has 0 aliphatic heterocycles. The molecule has 0 aliphatic carbocycles. The molecule has 4 N–H and O–H groups in total. The highest BCUT2D eigenvalue weighted by Crippen LogP contribution is 2.31. The lowest BCUT2D eigenvalue weighted by Crippen LogP contribution is -2.21. The molecule has 0 bridgehead atoms. The molecule has 0 fully saturated rings. The standard InChI is InChI=1S/C22H20FN5O2/c1-12-10-16(27-22(30)20(29)14-4-3-5-15(23)11-14)6-7-17(12)18-19-21(24)25-8-9-28(19)13(2)26-18/h3-11,20,29H,1-2H3,(H2,24,25)(H,27,30). The molecular formula is C22H20FN5O2. The molecule has 1 amide bonds. The molecule has 0 spiro atoms. The van der Waals surface area contributed by atoms with Crippen LogP contribution in [0, 0.1) is 19.7 Å². The lowest BCUT2D eigenvalue weighted by atomic mass is 10.0. The second-order valence-electron chi connectivity index (χ2n) is 7.02. The van der Waals surface area contributed by atoms with E-state index in [9.17, 15) is 14.3 Å². The van der Waals surface area contributed by atoms with Crippen molar-refractivity contribution >= 4 is 22.9 Å². The van der Waals surface area contributed by atoms with Crippen LogP contribution in [0.15, 0.2) is 54.9 Å². The maximum absolute atomic E-state index is 13.4. The van der Waals surface area contributed by atoms with Gasteiger partial charge in [0.1, 0.15) is 28.7 Å². The molecule has 1 atom stereocenters. The Labute approximate surface area is 172 Å². The van der Waals surface area contributed by atoms with E-state index in [1.807, 2.05) is 24.3 Å². The maximum Gasteiger partial charge on any atom is 0.257 e. The van der Waals surface area contributed by atoms with E-state index in [2.05, 4.69) is 15.3 Å². The normalized spacial score (nSPS) is 12.1. The Morgan fingerprint density at radius 3 is 2.77 bits per heavy atom. The van der Waals surface area contributed by atoms with Gasteiger partial charge in [0.25, 0.3) is 5.91 Å². The molecule has 7 nitrogen and oxygen atoms in total. The Hall–Kier alpha value is -3.78. The fourth-order valence-electron chi connectivity index (χ4n) is 3.45. The summed E-state index contributed by atoms with van der Waals surface area (Å²) in [5, 5.41) is 12.9. The van der Waals surface area contributed by atoms with Crippen LogP contribution in [0.2, 0.25) is 0 Å². The van der Waals surface area contributed by atoms with Crippen LogP contribution in [-0.2, 0) is 4.79 Å². The van der Waals surface area contributed by atoms with Crippen molar-refractivity contribution in [2.75, 3.05) is 11.1 Å². The first-order valence-corrected chi connectivity index (χ1v) is 9.29. The fraction of sp³-hybridized carbons (Fsp3) is 0.136. The van der Waals surface area contributed by atoms with Crippen molar-refractivity contribution in [3.63, 3.8) is 0 Å². The van der Waals surface area contributed by atoms with Crippen LogP contribution in [-0.4, -0.2) is 25.4 Å². The largest absolute Gasteiger partial charge is 0.382 e. The zero-order chi connectivity index (χ0) is 21.4. The van der Waals surface area contributed by atoms with Gasteiger partial charge in [-0.25, -0.2) is 14.4 Å². The van der Waals surface area contributed by atoms with Crippen LogP contribution in [0.1, 0.15) is 23.1 Å². The van der Waals surface area contributed by atoms with E-state index in [1.165, 1.54) is 18.2 Å². The average molecular weight is 405 g/mol. The molecule has 2 aromatic heterocycles. The predicted molar refractivity (Wildman–Crippen MR) is 112 cm³/mol. The predicted octanol–water partition coefficient (Wildman–Crippen LogP) is 3.41. The van der Waals surface area contributed by atoms with E-state index in [1.54, 1.807) is 24.5 Å². The number of fused-ring (bicyclic) bond motifs is 1. The number of rotatable bonds is 4. The topological polar surface area (TPSA) is 106 Å². The van der Waals surface area contributed by atoms with Gasteiger partial charge in [0.2, 0.25) is 0 Å². The summed E-state index contributed by atoms with van der Waals surface area (Å²) >= 11 is 0. The summed E-state index contributed by atoms with van der Waals surface area (Å²) in [5.41, 5.74) is 9.89. The third-order valence-electron chi connectivity index (χ3n) is 4.92. The van der Waals surface area contributed by atoms with Crippen LogP contribution in [0.4, 0.5) is 15.9 Å². The Morgan fingerprint density at radius 2 is 2.03 bits per heavy atom. The van der Waals surface area contributed by atoms with Crippen LogP contribution in [0.25, 0.3) is 16.8 Å². The summed E-state index contributed by atoms with van der Waals surface area (Å²) < 4.78 is 15.2. The van der Waals surface area contributed by atoms with Gasteiger partial charge >= 0.3 is 0 Å². The highest BCUT2D eigenvalue weighted by molar-refractivity contribution is 5.95. The Morgan fingerprint density at radius 1 is 1.23 bits per heavy atom. The minimum absolute atomic E-state index is 0.184. The molecule has 4 aromatic rings. The highest BCUT2D eigenvalue weighted by Gasteiger charge is 2.19. The van der Waals surface area contributed by atoms with E-state index in [0.29, 0.717) is 17.2 Å². The number of benzene rings is 2. The fourth-order valence-corrected chi connectivity index (χ4v) is 3.45. The summed E-state index contributed by atoms with van der Waals surface area (Å²) in [6.07, 6.45) is 1.94. The van der Waals surface area contributed by atoms with E-state index >= 15 is 0 Å². The summed E-state index contributed by atoms with van der Waals surface area (Å²) in [4.78, 5) is 21.2. The number of nitrogens with two attached hydrogens (primary N) is 1. The van der Waals surface area contributed by atoms with Crippen molar-refractivity contribution in [2.24, 2.45) is 0 Å². The van der Waals surface area contributed by atoms with E-state index in [0.717, 1.165) is 28.5 Å².